The van der Waals surface area contributed by atoms with Crippen LogP contribution in [0.5, 0.6) is 0 Å². The molecule has 6 nitrogen and oxygen atoms in total. The number of nitrogens with one attached hydrogen (secondary N) is 1. The molecule has 88 valence electrons. The van der Waals surface area contributed by atoms with Crippen LogP contribution in [0.2, 0.25) is 0 Å². The van der Waals surface area contributed by atoms with Gasteiger partial charge in [0.15, 0.2) is 0 Å². The predicted octanol–water partition coefficient (Wildman–Crippen LogP) is 0.173. The van der Waals surface area contributed by atoms with Crippen molar-refractivity contribution >= 4 is 11.9 Å². The fourth-order valence-corrected chi connectivity index (χ4v) is 1.26. The molecule has 1 aromatic heterocycles. The maximum Gasteiger partial charge on any atom is 0.305 e. The fourth-order valence-electron chi connectivity index (χ4n) is 1.26. The molecule has 1 aromatic rings. The molecular formula is C10H15N3O3. The molecule has 0 aliphatic heterocycles. The highest BCUT2D eigenvalue weighted by molar-refractivity contribution is 5.76. The van der Waals surface area contributed by atoms with Crippen molar-refractivity contribution < 1.29 is 14.7 Å². The molecule has 0 saturated carbocycles. The Kier molecular flexibility index (Phi) is 4.50. The summed E-state index contributed by atoms with van der Waals surface area (Å²) < 4.78 is 1.87. The molecular weight excluding hydrogens is 210 g/mol. The number of aryl methyl sites for hydroxylation is 2. The number of carbonyl (C=O) groups is 2. The first-order valence-electron chi connectivity index (χ1n) is 5.06. The van der Waals surface area contributed by atoms with Gasteiger partial charge in [-0.1, -0.05) is 0 Å². The summed E-state index contributed by atoms with van der Waals surface area (Å²) in [5.41, 5.74) is 0. The summed E-state index contributed by atoms with van der Waals surface area (Å²) in [4.78, 5) is 25.5. The second kappa shape index (κ2) is 5.89. The van der Waals surface area contributed by atoms with Crippen molar-refractivity contribution in [1.82, 2.24) is 14.9 Å². The van der Waals surface area contributed by atoms with E-state index in [1.807, 2.05) is 11.5 Å². The van der Waals surface area contributed by atoms with Gasteiger partial charge in [0.2, 0.25) is 5.91 Å². The third-order valence-electron chi connectivity index (χ3n) is 2.16. The van der Waals surface area contributed by atoms with E-state index in [2.05, 4.69) is 10.3 Å². The van der Waals surface area contributed by atoms with Crippen LogP contribution in [0.1, 0.15) is 18.7 Å². The van der Waals surface area contributed by atoms with Crippen molar-refractivity contribution in [3.8, 4) is 0 Å². The lowest BCUT2D eigenvalue weighted by molar-refractivity contribution is -0.136. The summed E-state index contributed by atoms with van der Waals surface area (Å²) in [6.45, 7) is 2.60. The molecule has 0 radical (unpaired) electrons. The third kappa shape index (κ3) is 4.12. The number of imidazole rings is 1. The fraction of sp³-hybridized carbons (Fsp3) is 0.500. The highest BCUT2D eigenvalue weighted by Gasteiger charge is 2.04. The summed E-state index contributed by atoms with van der Waals surface area (Å²) in [5.74, 6) is -0.196. The standard InChI is InChI=1S/C10H15N3O3/c1-8-11-5-7-13(8)6-3-9(14)12-4-2-10(15)16/h5,7H,2-4,6H2,1H3,(H,12,14)(H,15,16). The van der Waals surface area contributed by atoms with Crippen LogP contribution in [0.3, 0.4) is 0 Å². The van der Waals surface area contributed by atoms with E-state index < -0.39 is 5.97 Å². The molecule has 0 spiro atoms. The number of aromatic nitrogens is 2. The lowest BCUT2D eigenvalue weighted by atomic mass is 10.3. The van der Waals surface area contributed by atoms with Crippen LogP contribution in [0.4, 0.5) is 0 Å². The average Bonchev–Trinajstić information content (AvgIpc) is 2.60. The number of hydrogen-bond donors (Lipinski definition) is 2. The van der Waals surface area contributed by atoms with E-state index in [1.54, 1.807) is 12.4 Å². The summed E-state index contributed by atoms with van der Waals surface area (Å²) >= 11 is 0. The van der Waals surface area contributed by atoms with Gasteiger partial charge >= 0.3 is 5.97 Å². The van der Waals surface area contributed by atoms with Gasteiger partial charge in [-0.3, -0.25) is 9.59 Å². The Morgan fingerprint density at radius 2 is 2.25 bits per heavy atom. The quantitative estimate of drug-likeness (QED) is 0.723. The van der Waals surface area contributed by atoms with E-state index in [1.165, 1.54) is 0 Å². The number of carbonyl (C=O) groups excluding carboxylic acids is 1. The van der Waals surface area contributed by atoms with E-state index in [9.17, 15) is 9.59 Å². The molecule has 2 N–H and O–H groups in total. The van der Waals surface area contributed by atoms with E-state index >= 15 is 0 Å². The van der Waals surface area contributed by atoms with Crippen LogP contribution in [-0.2, 0) is 16.1 Å². The molecule has 0 bridgehead atoms. The Balaban J connectivity index is 2.20. The number of aliphatic carboxylic acids is 1. The molecule has 0 aliphatic rings. The molecule has 16 heavy (non-hydrogen) atoms. The molecule has 1 rings (SSSR count). The average molecular weight is 225 g/mol. The maximum absolute atomic E-state index is 11.3. The van der Waals surface area contributed by atoms with Crippen LogP contribution in [0.25, 0.3) is 0 Å². The topological polar surface area (TPSA) is 84.2 Å². The van der Waals surface area contributed by atoms with Gasteiger partial charge in [-0.15, -0.1) is 0 Å². The zero-order chi connectivity index (χ0) is 12.0. The second-order valence-corrected chi connectivity index (χ2v) is 3.41. The first-order valence-corrected chi connectivity index (χ1v) is 5.06. The number of amides is 1. The Morgan fingerprint density at radius 3 is 2.81 bits per heavy atom. The van der Waals surface area contributed by atoms with Crippen LogP contribution in [0.15, 0.2) is 12.4 Å². The van der Waals surface area contributed by atoms with Crippen LogP contribution >= 0.6 is 0 Å². The summed E-state index contributed by atoms with van der Waals surface area (Å²) in [6, 6.07) is 0. The minimum atomic E-state index is -0.911. The molecule has 1 heterocycles. The Labute approximate surface area is 93.3 Å². The molecule has 6 heteroatoms. The molecule has 0 unspecified atom stereocenters. The third-order valence-corrected chi connectivity index (χ3v) is 2.16. The highest BCUT2D eigenvalue weighted by atomic mass is 16.4. The van der Waals surface area contributed by atoms with Crippen LogP contribution in [-0.4, -0.2) is 33.1 Å². The van der Waals surface area contributed by atoms with Crippen molar-refractivity contribution in [2.24, 2.45) is 0 Å². The molecule has 0 aliphatic carbocycles. The van der Waals surface area contributed by atoms with Gasteiger partial charge in [-0.05, 0) is 6.92 Å². The van der Waals surface area contributed by atoms with E-state index in [4.69, 9.17) is 5.11 Å². The first kappa shape index (κ1) is 12.2. The van der Waals surface area contributed by atoms with Crippen LogP contribution < -0.4 is 5.32 Å². The first-order chi connectivity index (χ1) is 7.59. The van der Waals surface area contributed by atoms with Gasteiger partial charge in [0.1, 0.15) is 5.82 Å². The minimum absolute atomic E-state index is 0.0458. The van der Waals surface area contributed by atoms with Crippen molar-refractivity contribution in [3.63, 3.8) is 0 Å². The van der Waals surface area contributed by atoms with Crippen molar-refractivity contribution in [2.45, 2.75) is 26.3 Å². The zero-order valence-corrected chi connectivity index (χ0v) is 9.14. The van der Waals surface area contributed by atoms with Gasteiger partial charge < -0.3 is 15.0 Å². The number of hydrogen-bond acceptors (Lipinski definition) is 3. The Morgan fingerprint density at radius 1 is 1.50 bits per heavy atom. The van der Waals surface area contributed by atoms with E-state index in [-0.39, 0.29) is 18.9 Å². The monoisotopic (exact) mass is 225 g/mol. The van der Waals surface area contributed by atoms with E-state index in [0.717, 1.165) is 5.82 Å². The predicted molar refractivity (Wildman–Crippen MR) is 56.8 cm³/mol. The van der Waals surface area contributed by atoms with Gasteiger partial charge in [0, 0.05) is 31.9 Å². The lowest BCUT2D eigenvalue weighted by Crippen LogP contribution is -2.26. The summed E-state index contributed by atoms with van der Waals surface area (Å²) in [6.07, 6.45) is 3.77. The van der Waals surface area contributed by atoms with Crippen molar-refractivity contribution in [2.75, 3.05) is 6.54 Å². The lowest BCUT2D eigenvalue weighted by Gasteiger charge is -2.05. The Bertz CT molecular complexity index is 373. The maximum atomic E-state index is 11.3. The normalized spacial score (nSPS) is 10.1. The number of rotatable bonds is 6. The van der Waals surface area contributed by atoms with E-state index in [0.29, 0.717) is 13.0 Å². The minimum Gasteiger partial charge on any atom is -0.481 e. The molecule has 0 aromatic carbocycles. The molecule has 0 saturated heterocycles. The van der Waals surface area contributed by atoms with Crippen molar-refractivity contribution in [1.29, 1.82) is 0 Å². The Hall–Kier alpha value is -1.85. The number of nitrogens with zero attached hydrogens (tertiary/aromatic N) is 2. The van der Waals surface area contributed by atoms with Gasteiger partial charge in [-0.25, -0.2) is 4.98 Å². The molecule has 0 atom stereocenters. The summed E-state index contributed by atoms with van der Waals surface area (Å²) in [7, 11) is 0. The molecule has 0 fully saturated rings. The van der Waals surface area contributed by atoms with Crippen molar-refractivity contribution in [3.05, 3.63) is 18.2 Å². The second-order valence-electron chi connectivity index (χ2n) is 3.41. The van der Waals surface area contributed by atoms with Crippen LogP contribution in [0, 0.1) is 6.92 Å². The number of carboxylic acid groups (broad SMARTS) is 1. The largest absolute Gasteiger partial charge is 0.481 e. The summed E-state index contributed by atoms with van der Waals surface area (Å²) in [5, 5.41) is 10.9. The highest BCUT2D eigenvalue weighted by Crippen LogP contribution is 1.97. The van der Waals surface area contributed by atoms with Gasteiger partial charge in [-0.2, -0.15) is 0 Å². The number of carboxylic acids is 1. The van der Waals surface area contributed by atoms with Gasteiger partial charge in [0.05, 0.1) is 6.42 Å². The molecule has 1 amide bonds. The SMILES string of the molecule is Cc1nccn1CCC(=O)NCCC(=O)O. The zero-order valence-electron chi connectivity index (χ0n) is 9.14. The smallest absolute Gasteiger partial charge is 0.305 e. The van der Waals surface area contributed by atoms with Gasteiger partial charge in [0.25, 0.3) is 0 Å².